The number of anilines is 1. The number of nitrogens with one attached hydrogen (secondary N) is 1. The van der Waals surface area contributed by atoms with E-state index in [2.05, 4.69) is 5.32 Å². The summed E-state index contributed by atoms with van der Waals surface area (Å²) in [6.45, 7) is 0. The maximum Gasteiger partial charge on any atom is 0.269 e. The molecule has 0 saturated carbocycles. The number of aryl methyl sites for hydroxylation is 2. The Morgan fingerprint density at radius 1 is 1.12 bits per heavy atom. The minimum Gasteiger partial charge on any atom is -0.495 e. The van der Waals surface area contributed by atoms with Crippen LogP contribution in [0.5, 0.6) is 5.75 Å². The molecule has 0 fully saturated rings. The molecule has 0 heterocycles. The summed E-state index contributed by atoms with van der Waals surface area (Å²) in [7, 11) is 1.58. The zero-order chi connectivity index (χ0) is 17.1. The highest BCUT2D eigenvalue weighted by Crippen LogP contribution is 2.33. The number of rotatable bonds is 4. The molecule has 3 rings (SSSR count). The van der Waals surface area contributed by atoms with Crippen LogP contribution in [0.4, 0.5) is 11.4 Å². The summed E-state index contributed by atoms with van der Waals surface area (Å²) in [5.74, 6) is 0.310. The van der Waals surface area contributed by atoms with E-state index in [9.17, 15) is 14.9 Å². The van der Waals surface area contributed by atoms with Gasteiger partial charge in [-0.15, -0.1) is 0 Å². The van der Waals surface area contributed by atoms with Crippen molar-refractivity contribution in [3.8, 4) is 5.75 Å². The van der Waals surface area contributed by atoms with E-state index >= 15 is 0 Å². The summed E-state index contributed by atoms with van der Waals surface area (Å²) in [4.78, 5) is 22.6. The van der Waals surface area contributed by atoms with Crippen LogP contribution in [0, 0.1) is 10.1 Å². The Morgan fingerprint density at radius 3 is 2.33 bits per heavy atom. The van der Waals surface area contributed by atoms with Crippen molar-refractivity contribution in [2.24, 2.45) is 0 Å². The van der Waals surface area contributed by atoms with E-state index in [1.807, 2.05) is 12.1 Å². The fourth-order valence-corrected chi connectivity index (χ4v) is 2.96. The van der Waals surface area contributed by atoms with E-state index in [1.165, 1.54) is 41.8 Å². The predicted molar refractivity (Wildman–Crippen MR) is 90.7 cm³/mol. The number of benzene rings is 2. The van der Waals surface area contributed by atoms with Crippen molar-refractivity contribution in [1.29, 1.82) is 0 Å². The number of ether oxygens (including phenoxy) is 1. The Hall–Kier alpha value is -2.89. The summed E-state index contributed by atoms with van der Waals surface area (Å²) in [5.41, 5.74) is 3.45. The zero-order valence-corrected chi connectivity index (χ0v) is 13.4. The molecule has 1 aliphatic carbocycles. The van der Waals surface area contributed by atoms with Gasteiger partial charge in [0.2, 0.25) is 0 Å². The number of nitrogens with zero attached hydrogens (tertiary/aromatic N) is 1. The Morgan fingerprint density at radius 2 is 1.75 bits per heavy atom. The molecule has 0 atom stereocenters. The Kier molecular flexibility index (Phi) is 4.46. The third-order valence-corrected chi connectivity index (χ3v) is 4.25. The van der Waals surface area contributed by atoms with Gasteiger partial charge in [0.15, 0.2) is 0 Å². The van der Waals surface area contributed by atoms with Crippen molar-refractivity contribution in [3.05, 3.63) is 63.2 Å². The minimum atomic E-state index is -0.492. The van der Waals surface area contributed by atoms with Gasteiger partial charge in [-0.1, -0.05) is 0 Å². The Labute approximate surface area is 139 Å². The van der Waals surface area contributed by atoms with E-state index in [-0.39, 0.29) is 11.6 Å². The van der Waals surface area contributed by atoms with Crippen LogP contribution in [-0.2, 0) is 12.8 Å². The lowest BCUT2D eigenvalue weighted by Gasteiger charge is -2.19. The summed E-state index contributed by atoms with van der Waals surface area (Å²) in [6, 6.07) is 9.48. The van der Waals surface area contributed by atoms with Crippen molar-refractivity contribution >= 4 is 17.3 Å². The van der Waals surface area contributed by atoms with Gasteiger partial charge in [-0.05, 0) is 61.1 Å². The molecule has 6 nitrogen and oxygen atoms in total. The predicted octanol–water partition coefficient (Wildman–Crippen LogP) is 3.73. The summed E-state index contributed by atoms with van der Waals surface area (Å²) < 4.78 is 5.39. The molecule has 2 aromatic carbocycles. The zero-order valence-electron chi connectivity index (χ0n) is 13.4. The van der Waals surface area contributed by atoms with Gasteiger partial charge >= 0.3 is 0 Å². The van der Waals surface area contributed by atoms with Gasteiger partial charge in [0.1, 0.15) is 5.75 Å². The molecule has 0 saturated heterocycles. The average Bonchev–Trinajstić information content (AvgIpc) is 2.61. The molecule has 2 aromatic rings. The van der Waals surface area contributed by atoms with Crippen LogP contribution in [0.3, 0.4) is 0 Å². The average molecular weight is 326 g/mol. The van der Waals surface area contributed by atoms with E-state index in [0.717, 1.165) is 19.3 Å². The standard InChI is InChI=1S/C18H18N2O4/c1-24-17-11-14-5-3-2-4-13(14)10-16(17)19-18(21)12-6-8-15(9-7-12)20(22)23/h6-11H,2-5H2,1H3,(H,19,21). The second-order valence-electron chi connectivity index (χ2n) is 5.79. The molecule has 24 heavy (non-hydrogen) atoms. The van der Waals surface area contributed by atoms with Crippen LogP contribution in [0.15, 0.2) is 36.4 Å². The molecule has 1 amide bonds. The molecular formula is C18H18N2O4. The topological polar surface area (TPSA) is 81.5 Å². The first-order chi connectivity index (χ1) is 11.6. The first-order valence-corrected chi connectivity index (χ1v) is 7.84. The number of nitro groups is 1. The number of nitro benzene ring substituents is 1. The minimum absolute atomic E-state index is 0.0436. The van der Waals surface area contributed by atoms with E-state index in [4.69, 9.17) is 4.74 Å². The lowest BCUT2D eigenvalue weighted by Crippen LogP contribution is -2.14. The van der Waals surface area contributed by atoms with E-state index < -0.39 is 4.92 Å². The molecular weight excluding hydrogens is 308 g/mol. The fourth-order valence-electron chi connectivity index (χ4n) is 2.96. The van der Waals surface area contributed by atoms with Gasteiger partial charge in [0.05, 0.1) is 17.7 Å². The number of fused-ring (bicyclic) bond motifs is 1. The third kappa shape index (κ3) is 3.22. The molecule has 0 unspecified atom stereocenters. The highest BCUT2D eigenvalue weighted by atomic mass is 16.6. The Bertz CT molecular complexity index is 784. The molecule has 0 aliphatic heterocycles. The van der Waals surface area contributed by atoms with Gasteiger partial charge in [-0.25, -0.2) is 0 Å². The highest BCUT2D eigenvalue weighted by molar-refractivity contribution is 6.05. The lowest BCUT2D eigenvalue weighted by atomic mass is 9.91. The quantitative estimate of drug-likeness (QED) is 0.685. The van der Waals surface area contributed by atoms with Crippen LogP contribution in [0.2, 0.25) is 0 Å². The van der Waals surface area contributed by atoms with Crippen molar-refractivity contribution < 1.29 is 14.5 Å². The summed E-state index contributed by atoms with van der Waals surface area (Å²) in [5, 5.41) is 13.5. The molecule has 0 radical (unpaired) electrons. The normalized spacial score (nSPS) is 13.0. The maximum atomic E-state index is 12.4. The smallest absolute Gasteiger partial charge is 0.269 e. The Balaban J connectivity index is 1.84. The first kappa shape index (κ1) is 16.0. The van der Waals surface area contributed by atoms with Gasteiger partial charge < -0.3 is 10.1 Å². The highest BCUT2D eigenvalue weighted by Gasteiger charge is 2.16. The van der Waals surface area contributed by atoms with Crippen LogP contribution in [0.25, 0.3) is 0 Å². The summed E-state index contributed by atoms with van der Waals surface area (Å²) >= 11 is 0. The van der Waals surface area contributed by atoms with E-state index in [0.29, 0.717) is 17.0 Å². The maximum absolute atomic E-state index is 12.4. The van der Waals surface area contributed by atoms with Gasteiger partial charge in [0, 0.05) is 17.7 Å². The van der Waals surface area contributed by atoms with Gasteiger partial charge in [0.25, 0.3) is 11.6 Å². The van der Waals surface area contributed by atoms with Crippen molar-refractivity contribution in [2.45, 2.75) is 25.7 Å². The number of amides is 1. The van der Waals surface area contributed by atoms with Crippen LogP contribution >= 0.6 is 0 Å². The largest absolute Gasteiger partial charge is 0.495 e. The molecule has 0 bridgehead atoms. The number of carbonyl (C=O) groups is 1. The van der Waals surface area contributed by atoms with E-state index in [1.54, 1.807) is 7.11 Å². The number of non-ortho nitro benzene ring substituents is 1. The molecule has 1 aliphatic rings. The second kappa shape index (κ2) is 6.70. The fraction of sp³-hybridized carbons (Fsp3) is 0.278. The molecule has 124 valence electrons. The van der Waals surface area contributed by atoms with Gasteiger partial charge in [-0.2, -0.15) is 0 Å². The first-order valence-electron chi connectivity index (χ1n) is 7.84. The number of hydrogen-bond acceptors (Lipinski definition) is 4. The van der Waals surface area contributed by atoms with Crippen molar-refractivity contribution in [3.63, 3.8) is 0 Å². The molecule has 0 aromatic heterocycles. The van der Waals surface area contributed by atoms with Crippen LogP contribution in [0.1, 0.15) is 34.3 Å². The van der Waals surface area contributed by atoms with Crippen molar-refractivity contribution in [1.82, 2.24) is 0 Å². The molecule has 6 heteroatoms. The second-order valence-corrected chi connectivity index (χ2v) is 5.79. The lowest BCUT2D eigenvalue weighted by molar-refractivity contribution is -0.384. The molecule has 0 spiro atoms. The molecule has 1 N–H and O–H groups in total. The van der Waals surface area contributed by atoms with Crippen molar-refractivity contribution in [2.75, 3.05) is 12.4 Å². The SMILES string of the molecule is COc1cc2c(cc1NC(=O)c1ccc([N+](=O)[O-])cc1)CCCC2. The third-order valence-electron chi connectivity index (χ3n) is 4.25. The number of hydrogen-bond donors (Lipinski definition) is 1. The van der Waals surface area contributed by atoms with Gasteiger partial charge in [-0.3, -0.25) is 14.9 Å². The van der Waals surface area contributed by atoms with Crippen LogP contribution < -0.4 is 10.1 Å². The number of carbonyl (C=O) groups excluding carboxylic acids is 1. The summed E-state index contributed by atoms with van der Waals surface area (Å²) in [6.07, 6.45) is 4.35. The monoisotopic (exact) mass is 326 g/mol. The number of methoxy groups -OCH3 is 1. The van der Waals surface area contributed by atoms with Crippen LogP contribution in [-0.4, -0.2) is 17.9 Å².